The lowest BCUT2D eigenvalue weighted by atomic mass is 10.1. The Kier molecular flexibility index (Phi) is 3.33. The van der Waals surface area contributed by atoms with E-state index in [9.17, 15) is 13.2 Å². The summed E-state index contributed by atoms with van der Waals surface area (Å²) in [5.41, 5.74) is 4.87. The van der Waals surface area contributed by atoms with Crippen molar-refractivity contribution in [3.63, 3.8) is 0 Å². The van der Waals surface area contributed by atoms with E-state index in [1.54, 1.807) is 6.92 Å². The number of hydrogen-bond acceptors (Lipinski definition) is 4. The summed E-state index contributed by atoms with van der Waals surface area (Å²) < 4.78 is 44.4. The van der Waals surface area contributed by atoms with Crippen LogP contribution in [0.5, 0.6) is 0 Å². The van der Waals surface area contributed by atoms with Crippen LogP contribution in [0, 0.1) is 17.5 Å². The minimum absolute atomic E-state index is 0.200. The van der Waals surface area contributed by atoms with Crippen LogP contribution in [0.15, 0.2) is 16.7 Å². The van der Waals surface area contributed by atoms with Crippen molar-refractivity contribution in [2.45, 2.75) is 12.8 Å². The fourth-order valence-corrected chi connectivity index (χ4v) is 1.39. The van der Waals surface area contributed by atoms with Gasteiger partial charge < -0.3 is 10.3 Å². The number of aromatic nitrogens is 2. The molecule has 7 heteroatoms. The Hall–Kier alpha value is -1.89. The van der Waals surface area contributed by atoms with Crippen molar-refractivity contribution >= 4 is 0 Å². The second kappa shape index (κ2) is 4.77. The first kappa shape index (κ1) is 12.6. The predicted octanol–water partition coefficient (Wildman–Crippen LogP) is 2.22. The molecule has 0 aliphatic carbocycles. The second-order valence-corrected chi connectivity index (χ2v) is 3.84. The minimum Gasteiger partial charge on any atom is -0.334 e. The van der Waals surface area contributed by atoms with Crippen molar-refractivity contribution < 1.29 is 17.7 Å². The van der Waals surface area contributed by atoms with E-state index in [2.05, 4.69) is 10.1 Å². The number of halogens is 3. The lowest BCUT2D eigenvalue weighted by Crippen LogP contribution is -2.10. The monoisotopic (exact) mass is 257 g/mol. The molecule has 1 atom stereocenters. The fraction of sp³-hybridized carbons (Fsp3) is 0.273. The Morgan fingerprint density at radius 2 is 1.89 bits per heavy atom. The van der Waals surface area contributed by atoms with E-state index in [1.165, 1.54) is 0 Å². The van der Waals surface area contributed by atoms with Crippen molar-refractivity contribution in [1.29, 1.82) is 0 Å². The molecule has 0 spiro atoms. The SMILES string of the molecule is CC(CN)c1noc(-c2c(F)cc(F)cc2F)n1. The highest BCUT2D eigenvalue weighted by molar-refractivity contribution is 5.54. The molecule has 1 heterocycles. The zero-order chi connectivity index (χ0) is 13.3. The summed E-state index contributed by atoms with van der Waals surface area (Å²) in [4.78, 5) is 3.84. The zero-order valence-electron chi connectivity index (χ0n) is 9.45. The molecule has 2 N–H and O–H groups in total. The molecular formula is C11H10F3N3O. The molecule has 2 aromatic rings. The van der Waals surface area contributed by atoms with Crippen molar-refractivity contribution in [1.82, 2.24) is 10.1 Å². The topological polar surface area (TPSA) is 64.9 Å². The van der Waals surface area contributed by atoms with Gasteiger partial charge in [0.25, 0.3) is 5.89 Å². The molecule has 0 radical (unpaired) electrons. The van der Waals surface area contributed by atoms with E-state index in [-0.39, 0.29) is 24.2 Å². The van der Waals surface area contributed by atoms with Crippen molar-refractivity contribution in [3.8, 4) is 11.5 Å². The maximum Gasteiger partial charge on any atom is 0.263 e. The Labute approximate surface area is 101 Å². The van der Waals surface area contributed by atoms with Gasteiger partial charge in [0, 0.05) is 24.6 Å². The molecule has 0 amide bonds. The molecule has 1 unspecified atom stereocenters. The first-order chi connectivity index (χ1) is 8.52. The normalized spacial score (nSPS) is 12.7. The summed E-state index contributed by atoms with van der Waals surface area (Å²) in [7, 11) is 0. The summed E-state index contributed by atoms with van der Waals surface area (Å²) in [5, 5.41) is 3.57. The van der Waals surface area contributed by atoms with Crippen LogP contribution in [0.25, 0.3) is 11.5 Å². The fourth-order valence-electron chi connectivity index (χ4n) is 1.39. The highest BCUT2D eigenvalue weighted by Crippen LogP contribution is 2.26. The Bertz CT molecular complexity index is 547. The number of nitrogens with two attached hydrogens (primary N) is 1. The molecule has 1 aromatic carbocycles. The van der Waals surface area contributed by atoms with Crippen LogP contribution in [0.3, 0.4) is 0 Å². The van der Waals surface area contributed by atoms with Gasteiger partial charge in [-0.1, -0.05) is 12.1 Å². The van der Waals surface area contributed by atoms with E-state index in [0.29, 0.717) is 12.1 Å². The van der Waals surface area contributed by atoms with Gasteiger partial charge in [-0.3, -0.25) is 0 Å². The standard InChI is InChI=1S/C11H10F3N3O/c1-5(4-15)10-16-11(18-17-10)9-7(13)2-6(12)3-8(9)14/h2-3,5H,4,15H2,1H3. The van der Waals surface area contributed by atoms with Crippen LogP contribution in [0.1, 0.15) is 18.7 Å². The average Bonchev–Trinajstić information content (AvgIpc) is 2.76. The molecule has 0 aliphatic heterocycles. The van der Waals surface area contributed by atoms with Gasteiger partial charge in [-0.2, -0.15) is 4.98 Å². The van der Waals surface area contributed by atoms with Crippen molar-refractivity contribution in [3.05, 3.63) is 35.4 Å². The summed E-state index contributed by atoms with van der Waals surface area (Å²) in [6.45, 7) is 2.01. The quantitative estimate of drug-likeness (QED) is 0.915. The van der Waals surface area contributed by atoms with Crippen molar-refractivity contribution in [2.75, 3.05) is 6.54 Å². The predicted molar refractivity (Wildman–Crippen MR) is 57.1 cm³/mol. The van der Waals surface area contributed by atoms with E-state index in [1.807, 2.05) is 0 Å². The molecule has 0 saturated heterocycles. The molecule has 0 aliphatic rings. The van der Waals surface area contributed by atoms with Gasteiger partial charge in [-0.25, -0.2) is 13.2 Å². The number of nitrogens with zero attached hydrogens (tertiary/aromatic N) is 2. The number of benzene rings is 1. The summed E-state index contributed by atoms with van der Waals surface area (Å²) in [6.07, 6.45) is 0. The maximum absolute atomic E-state index is 13.5. The third-order valence-electron chi connectivity index (χ3n) is 2.46. The summed E-state index contributed by atoms with van der Waals surface area (Å²) in [6, 6.07) is 1.10. The third kappa shape index (κ3) is 2.21. The van der Waals surface area contributed by atoms with Crippen LogP contribution < -0.4 is 5.73 Å². The van der Waals surface area contributed by atoms with Gasteiger partial charge in [-0.15, -0.1) is 0 Å². The van der Waals surface area contributed by atoms with Crippen LogP contribution in [-0.2, 0) is 0 Å². The Balaban J connectivity index is 2.46. The largest absolute Gasteiger partial charge is 0.334 e. The third-order valence-corrected chi connectivity index (χ3v) is 2.46. The van der Waals surface area contributed by atoms with Crippen LogP contribution in [-0.4, -0.2) is 16.7 Å². The van der Waals surface area contributed by atoms with Gasteiger partial charge in [0.15, 0.2) is 5.82 Å². The summed E-state index contributed by atoms with van der Waals surface area (Å²) >= 11 is 0. The van der Waals surface area contributed by atoms with E-state index in [4.69, 9.17) is 10.3 Å². The van der Waals surface area contributed by atoms with Crippen LogP contribution in [0.2, 0.25) is 0 Å². The first-order valence-corrected chi connectivity index (χ1v) is 5.21. The van der Waals surface area contributed by atoms with Crippen LogP contribution in [0.4, 0.5) is 13.2 Å². The Morgan fingerprint density at radius 3 is 2.44 bits per heavy atom. The highest BCUT2D eigenvalue weighted by Gasteiger charge is 2.21. The Morgan fingerprint density at radius 1 is 1.28 bits per heavy atom. The molecule has 18 heavy (non-hydrogen) atoms. The lowest BCUT2D eigenvalue weighted by molar-refractivity contribution is 0.412. The second-order valence-electron chi connectivity index (χ2n) is 3.84. The smallest absolute Gasteiger partial charge is 0.263 e. The summed E-state index contributed by atoms with van der Waals surface area (Å²) in [5.74, 6) is -3.49. The van der Waals surface area contributed by atoms with Gasteiger partial charge >= 0.3 is 0 Å². The average molecular weight is 257 g/mol. The zero-order valence-corrected chi connectivity index (χ0v) is 9.45. The van der Waals surface area contributed by atoms with Gasteiger partial charge in [0.1, 0.15) is 23.0 Å². The molecule has 0 fully saturated rings. The van der Waals surface area contributed by atoms with Crippen molar-refractivity contribution in [2.24, 2.45) is 5.73 Å². The van der Waals surface area contributed by atoms with Gasteiger partial charge in [0.05, 0.1) is 0 Å². The molecule has 4 nitrogen and oxygen atoms in total. The van der Waals surface area contributed by atoms with Gasteiger partial charge in [0.2, 0.25) is 0 Å². The molecular weight excluding hydrogens is 247 g/mol. The van der Waals surface area contributed by atoms with E-state index in [0.717, 1.165) is 0 Å². The lowest BCUT2D eigenvalue weighted by Gasteiger charge is -2.00. The van der Waals surface area contributed by atoms with E-state index >= 15 is 0 Å². The maximum atomic E-state index is 13.5. The van der Waals surface area contributed by atoms with Gasteiger partial charge in [-0.05, 0) is 0 Å². The molecule has 0 bridgehead atoms. The molecule has 2 rings (SSSR count). The highest BCUT2D eigenvalue weighted by atomic mass is 19.1. The number of hydrogen-bond donors (Lipinski definition) is 1. The molecule has 96 valence electrons. The van der Waals surface area contributed by atoms with E-state index < -0.39 is 23.0 Å². The van der Waals surface area contributed by atoms with Crippen LogP contribution >= 0.6 is 0 Å². The molecule has 0 saturated carbocycles. The first-order valence-electron chi connectivity index (χ1n) is 5.21. The molecule has 1 aromatic heterocycles. The minimum atomic E-state index is -1.09. The number of rotatable bonds is 3.